The topological polar surface area (TPSA) is 62.3 Å². The number of carbonyl (C=O) groups is 2. The fourth-order valence-electron chi connectivity index (χ4n) is 4.88. The summed E-state index contributed by atoms with van der Waals surface area (Å²) in [5, 5.41) is 0. The Balaban J connectivity index is 1.68. The van der Waals surface area contributed by atoms with Gasteiger partial charge in [-0.3, -0.25) is 9.69 Å². The summed E-state index contributed by atoms with van der Waals surface area (Å²) in [5.74, 6) is 1.16. The van der Waals surface area contributed by atoms with E-state index in [2.05, 4.69) is 31.0 Å². The van der Waals surface area contributed by atoms with Crippen molar-refractivity contribution in [2.24, 2.45) is 0 Å². The minimum Gasteiger partial charge on any atom is -0.493 e. The first-order valence-electron chi connectivity index (χ1n) is 12.1. The average Bonchev–Trinajstić information content (AvgIpc) is 3.67. The Bertz CT molecular complexity index is 1050. The lowest BCUT2D eigenvalue weighted by Gasteiger charge is -2.40. The molecule has 1 fully saturated rings. The van der Waals surface area contributed by atoms with E-state index >= 15 is 0 Å². The molecule has 7 heteroatoms. The number of benzene rings is 2. The number of rotatable bonds is 7. The Hall–Kier alpha value is -3.06. The zero-order valence-electron chi connectivity index (χ0n) is 20.8. The van der Waals surface area contributed by atoms with E-state index in [4.69, 9.17) is 9.47 Å². The van der Waals surface area contributed by atoms with Gasteiger partial charge in [-0.2, -0.15) is 0 Å². The fraction of sp³-hybridized carbons (Fsp3) is 0.481. The third-order valence-electron chi connectivity index (χ3n) is 6.91. The molecule has 0 bridgehead atoms. The van der Waals surface area contributed by atoms with Gasteiger partial charge in [0.25, 0.3) is 0 Å². The van der Waals surface area contributed by atoms with Crippen molar-refractivity contribution in [3.63, 3.8) is 0 Å². The predicted molar refractivity (Wildman–Crippen MR) is 134 cm³/mol. The summed E-state index contributed by atoms with van der Waals surface area (Å²) in [4.78, 5) is 31.7. The van der Waals surface area contributed by atoms with Crippen molar-refractivity contribution in [1.82, 2.24) is 4.90 Å². The summed E-state index contributed by atoms with van der Waals surface area (Å²) in [7, 11) is 3.74. The average molecular weight is 466 g/mol. The van der Waals surface area contributed by atoms with E-state index < -0.39 is 6.09 Å². The highest BCUT2D eigenvalue weighted by atomic mass is 16.6. The molecule has 2 aromatic rings. The lowest BCUT2D eigenvalue weighted by atomic mass is 9.93. The number of amides is 2. The second kappa shape index (κ2) is 10.1. The monoisotopic (exact) mass is 465 g/mol. The molecule has 1 heterocycles. The van der Waals surface area contributed by atoms with E-state index in [1.807, 2.05) is 19.1 Å². The summed E-state index contributed by atoms with van der Waals surface area (Å²) in [6.45, 7) is 7.03. The molecule has 34 heavy (non-hydrogen) atoms. The van der Waals surface area contributed by atoms with Crippen LogP contribution in [0, 0.1) is 0 Å². The SMILES string of the molecule is CCC(CN(C)C1CC1)c1ccc2c(c1)N(C(=O)Oc1ccccc1OC)C[C@H](C)N2C(C)=O. The molecule has 2 amide bonds. The van der Waals surface area contributed by atoms with Crippen molar-refractivity contribution >= 4 is 23.4 Å². The number of fused-ring (bicyclic) bond motifs is 1. The first kappa shape index (κ1) is 24.1. The Labute approximate surface area is 202 Å². The zero-order chi connectivity index (χ0) is 24.4. The molecule has 1 unspecified atom stereocenters. The zero-order valence-corrected chi connectivity index (χ0v) is 20.8. The normalized spacial score (nSPS) is 18.5. The third kappa shape index (κ3) is 4.89. The quantitative estimate of drug-likeness (QED) is 0.573. The van der Waals surface area contributed by atoms with Gasteiger partial charge in [0.15, 0.2) is 11.5 Å². The Kier molecular flexibility index (Phi) is 7.12. The lowest BCUT2D eigenvalue weighted by molar-refractivity contribution is -0.117. The molecule has 0 spiro atoms. The van der Waals surface area contributed by atoms with E-state index in [9.17, 15) is 9.59 Å². The molecule has 2 atom stereocenters. The number of anilines is 2. The van der Waals surface area contributed by atoms with Crippen molar-refractivity contribution < 1.29 is 19.1 Å². The number of likely N-dealkylation sites (N-methyl/N-ethyl adjacent to an activating group) is 1. The van der Waals surface area contributed by atoms with Crippen LogP contribution in [0.1, 0.15) is 51.5 Å². The lowest BCUT2D eigenvalue weighted by Crippen LogP contribution is -2.52. The van der Waals surface area contributed by atoms with Gasteiger partial charge in [0.1, 0.15) is 0 Å². The van der Waals surface area contributed by atoms with Gasteiger partial charge in [-0.1, -0.05) is 25.1 Å². The summed E-state index contributed by atoms with van der Waals surface area (Å²) in [5.41, 5.74) is 2.61. The van der Waals surface area contributed by atoms with Crippen molar-refractivity contribution in [3.05, 3.63) is 48.0 Å². The maximum atomic E-state index is 13.4. The van der Waals surface area contributed by atoms with Gasteiger partial charge in [0, 0.05) is 26.1 Å². The first-order chi connectivity index (χ1) is 16.3. The van der Waals surface area contributed by atoms with Crippen molar-refractivity contribution in [1.29, 1.82) is 0 Å². The standard InChI is InChI=1S/C27H35N3O4/c1-6-20(17-28(4)22-12-13-22)21-11-14-23-24(15-21)29(16-18(2)30(23)19(3)31)27(32)34-26-10-8-7-9-25(26)33-5/h7-11,14-15,18,20,22H,6,12-13,16-17H2,1-5H3/t18-,20?/m0/s1. The number of methoxy groups -OCH3 is 1. The van der Waals surface area contributed by atoms with Crippen molar-refractivity contribution in [3.8, 4) is 11.5 Å². The molecular formula is C27H35N3O4. The highest BCUT2D eigenvalue weighted by Crippen LogP contribution is 2.40. The molecule has 2 aromatic carbocycles. The summed E-state index contributed by atoms with van der Waals surface area (Å²) >= 11 is 0. The third-order valence-corrected chi connectivity index (χ3v) is 6.91. The number of hydrogen-bond acceptors (Lipinski definition) is 5. The molecule has 0 saturated heterocycles. The van der Waals surface area contributed by atoms with Gasteiger partial charge in [0.05, 0.1) is 24.5 Å². The molecular weight excluding hydrogens is 430 g/mol. The van der Waals surface area contributed by atoms with Crippen molar-refractivity contribution in [2.45, 2.75) is 58.0 Å². The van der Waals surface area contributed by atoms with Gasteiger partial charge >= 0.3 is 6.09 Å². The Morgan fingerprint density at radius 1 is 1.12 bits per heavy atom. The second-order valence-corrected chi connectivity index (χ2v) is 9.39. The number of para-hydroxylation sites is 2. The van der Waals surface area contributed by atoms with Crippen LogP contribution in [0.5, 0.6) is 11.5 Å². The molecule has 7 nitrogen and oxygen atoms in total. The van der Waals surface area contributed by atoms with E-state index in [-0.39, 0.29) is 11.9 Å². The minimum absolute atomic E-state index is 0.0419. The summed E-state index contributed by atoms with van der Waals surface area (Å²) in [6, 6.07) is 13.8. The van der Waals surface area contributed by atoms with Crippen LogP contribution >= 0.6 is 0 Å². The molecule has 0 radical (unpaired) electrons. The van der Waals surface area contributed by atoms with Crippen LogP contribution in [-0.2, 0) is 4.79 Å². The molecule has 2 aliphatic rings. The van der Waals surface area contributed by atoms with Crippen LogP contribution in [0.4, 0.5) is 16.2 Å². The fourth-order valence-corrected chi connectivity index (χ4v) is 4.88. The summed E-state index contributed by atoms with van der Waals surface area (Å²) < 4.78 is 11.1. The van der Waals surface area contributed by atoms with Crippen LogP contribution in [0.15, 0.2) is 42.5 Å². The highest BCUT2D eigenvalue weighted by Gasteiger charge is 2.36. The molecule has 1 aliphatic heterocycles. The molecule has 4 rings (SSSR count). The number of nitrogens with zero attached hydrogens (tertiary/aromatic N) is 3. The maximum absolute atomic E-state index is 13.4. The summed E-state index contributed by atoms with van der Waals surface area (Å²) in [6.07, 6.45) is 3.05. The molecule has 0 aromatic heterocycles. The second-order valence-electron chi connectivity index (χ2n) is 9.39. The highest BCUT2D eigenvalue weighted by molar-refractivity contribution is 6.02. The molecule has 0 N–H and O–H groups in total. The Morgan fingerprint density at radius 2 is 1.82 bits per heavy atom. The van der Waals surface area contributed by atoms with E-state index in [0.717, 1.165) is 18.7 Å². The number of ether oxygens (including phenoxy) is 2. The Morgan fingerprint density at radius 3 is 2.44 bits per heavy atom. The van der Waals surface area contributed by atoms with Gasteiger partial charge in [0.2, 0.25) is 5.91 Å². The maximum Gasteiger partial charge on any atom is 0.420 e. The van der Waals surface area contributed by atoms with Crippen LogP contribution in [0.2, 0.25) is 0 Å². The number of carbonyl (C=O) groups excluding carboxylic acids is 2. The molecule has 1 saturated carbocycles. The number of hydrogen-bond donors (Lipinski definition) is 0. The van der Waals surface area contributed by atoms with Gasteiger partial charge in [-0.15, -0.1) is 0 Å². The van der Waals surface area contributed by atoms with E-state index in [1.165, 1.54) is 18.4 Å². The first-order valence-corrected chi connectivity index (χ1v) is 12.1. The largest absolute Gasteiger partial charge is 0.493 e. The van der Waals surface area contributed by atoms with Crippen LogP contribution in [0.3, 0.4) is 0 Å². The van der Waals surface area contributed by atoms with Crippen LogP contribution in [-0.4, -0.2) is 56.2 Å². The van der Waals surface area contributed by atoms with Crippen LogP contribution in [0.25, 0.3) is 0 Å². The predicted octanol–water partition coefficient (Wildman–Crippen LogP) is 5.04. The van der Waals surface area contributed by atoms with Crippen molar-refractivity contribution in [2.75, 3.05) is 37.0 Å². The van der Waals surface area contributed by atoms with Gasteiger partial charge < -0.3 is 19.3 Å². The molecule has 182 valence electrons. The smallest absolute Gasteiger partial charge is 0.420 e. The van der Waals surface area contributed by atoms with Crippen LogP contribution < -0.4 is 19.3 Å². The molecule has 1 aliphatic carbocycles. The van der Waals surface area contributed by atoms with E-state index in [0.29, 0.717) is 35.7 Å². The minimum atomic E-state index is -0.485. The van der Waals surface area contributed by atoms with E-state index in [1.54, 1.807) is 42.0 Å². The van der Waals surface area contributed by atoms with Gasteiger partial charge in [-0.05, 0) is 69.0 Å². The van der Waals surface area contributed by atoms with Gasteiger partial charge in [-0.25, -0.2) is 4.79 Å².